The van der Waals surface area contributed by atoms with Gasteiger partial charge in [0.15, 0.2) is 5.78 Å². The van der Waals surface area contributed by atoms with Crippen LogP contribution >= 0.6 is 0 Å². The first-order valence-electron chi connectivity index (χ1n) is 16.7. The van der Waals surface area contributed by atoms with Gasteiger partial charge in [-0.05, 0) is 103 Å². The fourth-order valence-electron chi connectivity index (χ4n) is 7.39. The molecule has 0 N–H and O–H groups in total. The molecule has 0 amide bonds. The van der Waals surface area contributed by atoms with Gasteiger partial charge in [0, 0.05) is 30.2 Å². The molecular weight excluding hydrogens is 532 g/mol. The van der Waals surface area contributed by atoms with Crippen molar-refractivity contribution in [2.24, 2.45) is 23.7 Å². The monoisotopic (exact) mass is 584 g/mol. The minimum absolute atomic E-state index is 0.00504. The Hall–Kier alpha value is -2.88. The van der Waals surface area contributed by atoms with Crippen molar-refractivity contribution in [2.75, 3.05) is 0 Å². The van der Waals surface area contributed by atoms with Gasteiger partial charge in [0.25, 0.3) is 0 Å². The van der Waals surface area contributed by atoms with Crippen LogP contribution in [0.25, 0.3) is 11.1 Å². The number of carbonyl (C=O) groups excluding carboxylic acids is 4. The SMILES string of the molecule is CCCC(CC1CC(=O)c2c(C)c(CCC(=O)C3CC3)cc(-c3ccc(C(C)(C)C)cc3)c2C1)C(CC)C(=O)CC(C)=O. The Labute approximate surface area is 259 Å². The van der Waals surface area contributed by atoms with Gasteiger partial charge in [0.05, 0.1) is 6.42 Å². The summed E-state index contributed by atoms with van der Waals surface area (Å²) >= 11 is 0. The first kappa shape index (κ1) is 33.0. The van der Waals surface area contributed by atoms with Crippen molar-refractivity contribution in [3.05, 3.63) is 58.1 Å². The summed E-state index contributed by atoms with van der Waals surface area (Å²) in [6.07, 6.45) is 7.98. The Morgan fingerprint density at radius 2 is 1.67 bits per heavy atom. The molecule has 0 aromatic heterocycles. The van der Waals surface area contributed by atoms with Crippen LogP contribution in [0.5, 0.6) is 0 Å². The van der Waals surface area contributed by atoms with Crippen molar-refractivity contribution in [3.8, 4) is 11.1 Å². The van der Waals surface area contributed by atoms with Gasteiger partial charge >= 0.3 is 0 Å². The van der Waals surface area contributed by atoms with E-state index in [1.165, 1.54) is 12.5 Å². The van der Waals surface area contributed by atoms with Crippen molar-refractivity contribution >= 4 is 23.1 Å². The van der Waals surface area contributed by atoms with Crippen LogP contribution in [0.2, 0.25) is 0 Å². The van der Waals surface area contributed by atoms with Gasteiger partial charge in [-0.2, -0.15) is 0 Å². The topological polar surface area (TPSA) is 68.3 Å². The molecule has 1 saturated carbocycles. The third-order valence-electron chi connectivity index (χ3n) is 9.92. The van der Waals surface area contributed by atoms with E-state index in [9.17, 15) is 19.2 Å². The number of carbonyl (C=O) groups is 4. The number of rotatable bonds is 14. The molecule has 0 heterocycles. The zero-order valence-electron chi connectivity index (χ0n) is 27.6. The normalized spacial score (nSPS) is 18.2. The Bertz CT molecular complexity index is 1350. The summed E-state index contributed by atoms with van der Waals surface area (Å²) in [7, 11) is 0. The average Bonchev–Trinajstić information content (AvgIpc) is 3.78. The highest BCUT2D eigenvalue weighted by Crippen LogP contribution is 2.42. The average molecular weight is 585 g/mol. The largest absolute Gasteiger partial charge is 0.300 e. The molecule has 43 heavy (non-hydrogen) atoms. The number of fused-ring (bicyclic) bond motifs is 1. The Kier molecular flexibility index (Phi) is 10.6. The van der Waals surface area contributed by atoms with Crippen molar-refractivity contribution < 1.29 is 19.2 Å². The Morgan fingerprint density at radius 1 is 1.00 bits per heavy atom. The number of ketones is 4. The van der Waals surface area contributed by atoms with Crippen molar-refractivity contribution in [3.63, 3.8) is 0 Å². The summed E-state index contributed by atoms with van der Waals surface area (Å²) in [6.45, 7) is 14.4. The lowest BCUT2D eigenvalue weighted by Gasteiger charge is -2.33. The zero-order chi connectivity index (χ0) is 31.5. The van der Waals surface area contributed by atoms with E-state index in [1.807, 2.05) is 6.92 Å². The highest BCUT2D eigenvalue weighted by atomic mass is 16.1. The van der Waals surface area contributed by atoms with Crippen LogP contribution in [-0.4, -0.2) is 23.1 Å². The van der Waals surface area contributed by atoms with Gasteiger partial charge in [0.2, 0.25) is 0 Å². The molecule has 2 aliphatic rings. The van der Waals surface area contributed by atoms with Gasteiger partial charge in [-0.1, -0.05) is 77.8 Å². The number of benzene rings is 2. The molecule has 2 aromatic carbocycles. The fourth-order valence-corrected chi connectivity index (χ4v) is 7.39. The molecule has 4 rings (SSSR count). The van der Waals surface area contributed by atoms with Gasteiger partial charge < -0.3 is 0 Å². The van der Waals surface area contributed by atoms with Crippen LogP contribution in [0.4, 0.5) is 0 Å². The maximum Gasteiger partial charge on any atom is 0.163 e. The number of hydrogen-bond acceptors (Lipinski definition) is 4. The lowest BCUT2D eigenvalue weighted by molar-refractivity contribution is -0.130. The van der Waals surface area contributed by atoms with Gasteiger partial charge in [0.1, 0.15) is 17.3 Å². The molecule has 0 spiro atoms. The molecule has 4 nitrogen and oxygen atoms in total. The zero-order valence-corrected chi connectivity index (χ0v) is 27.6. The van der Waals surface area contributed by atoms with Crippen molar-refractivity contribution in [1.82, 2.24) is 0 Å². The number of aryl methyl sites for hydroxylation is 1. The lowest BCUT2D eigenvalue weighted by Crippen LogP contribution is -2.30. The van der Waals surface area contributed by atoms with Crippen LogP contribution in [0.1, 0.15) is 132 Å². The number of hydrogen-bond donors (Lipinski definition) is 0. The molecule has 3 unspecified atom stereocenters. The third-order valence-corrected chi connectivity index (χ3v) is 9.92. The third kappa shape index (κ3) is 7.99. The minimum Gasteiger partial charge on any atom is -0.300 e. The summed E-state index contributed by atoms with van der Waals surface area (Å²) < 4.78 is 0. The van der Waals surface area contributed by atoms with Gasteiger partial charge in [-0.15, -0.1) is 0 Å². The van der Waals surface area contributed by atoms with Crippen molar-refractivity contribution in [1.29, 1.82) is 0 Å². The standard InChI is InChI=1S/C39H52O4/c1-8-10-30(32(9-2)36(42)19-24(3)40)20-26-21-34-33(27-13-16-31(17-14-27)39(5,6)7)23-29(15-18-35(41)28-11-12-28)25(4)38(34)37(43)22-26/h13-14,16-17,23,26,28,30,32H,8-12,15,18-22H2,1-7H3. The van der Waals surface area contributed by atoms with Gasteiger partial charge in [-0.3, -0.25) is 19.2 Å². The highest BCUT2D eigenvalue weighted by molar-refractivity contribution is 6.02. The fraction of sp³-hybridized carbons (Fsp3) is 0.590. The second-order valence-electron chi connectivity index (χ2n) is 14.5. The highest BCUT2D eigenvalue weighted by Gasteiger charge is 2.35. The van der Waals surface area contributed by atoms with Crippen LogP contribution in [0.3, 0.4) is 0 Å². The molecule has 2 aromatic rings. The molecule has 4 heteroatoms. The maximum atomic E-state index is 14.0. The van der Waals surface area contributed by atoms with Crippen molar-refractivity contribution in [2.45, 2.75) is 125 Å². The lowest BCUT2D eigenvalue weighted by atomic mass is 9.70. The van der Waals surface area contributed by atoms with Crippen LogP contribution in [-0.2, 0) is 32.6 Å². The molecule has 2 aliphatic carbocycles. The summed E-state index contributed by atoms with van der Waals surface area (Å²) in [5.74, 6) is 0.948. The number of Topliss-reactive ketones (excluding diaryl/α,β-unsaturated/α-hetero) is 4. The van der Waals surface area contributed by atoms with E-state index in [0.29, 0.717) is 25.0 Å². The summed E-state index contributed by atoms with van der Waals surface area (Å²) in [6, 6.07) is 11.0. The Morgan fingerprint density at radius 3 is 2.23 bits per heavy atom. The van der Waals surface area contributed by atoms with E-state index in [2.05, 4.69) is 65.0 Å². The molecule has 232 valence electrons. The first-order chi connectivity index (χ1) is 20.3. The molecule has 1 fully saturated rings. The molecule has 0 radical (unpaired) electrons. The van der Waals surface area contributed by atoms with Crippen LogP contribution in [0.15, 0.2) is 30.3 Å². The molecule has 3 atom stereocenters. The quantitative estimate of drug-likeness (QED) is 0.208. The predicted molar refractivity (Wildman–Crippen MR) is 175 cm³/mol. The molecule has 0 bridgehead atoms. The Balaban J connectivity index is 1.71. The maximum absolute atomic E-state index is 14.0. The molecule has 0 saturated heterocycles. The summed E-state index contributed by atoms with van der Waals surface area (Å²) in [4.78, 5) is 51.4. The van der Waals surface area contributed by atoms with E-state index >= 15 is 0 Å². The predicted octanol–water partition coefficient (Wildman–Crippen LogP) is 9.00. The minimum atomic E-state index is -0.141. The molecule has 0 aliphatic heterocycles. The van der Waals surface area contributed by atoms with Crippen LogP contribution in [0, 0.1) is 30.6 Å². The second-order valence-corrected chi connectivity index (χ2v) is 14.5. The van der Waals surface area contributed by atoms with Gasteiger partial charge in [-0.25, -0.2) is 0 Å². The van der Waals surface area contributed by atoms with E-state index < -0.39 is 0 Å². The summed E-state index contributed by atoms with van der Waals surface area (Å²) in [5, 5.41) is 0. The van der Waals surface area contributed by atoms with E-state index in [1.54, 1.807) is 0 Å². The van der Waals surface area contributed by atoms with E-state index in [0.717, 1.165) is 78.3 Å². The van der Waals surface area contributed by atoms with E-state index in [4.69, 9.17) is 0 Å². The smallest absolute Gasteiger partial charge is 0.163 e. The second kappa shape index (κ2) is 13.8. The van der Waals surface area contributed by atoms with E-state index in [-0.39, 0.29) is 52.9 Å². The molecular formula is C39H52O4. The van der Waals surface area contributed by atoms with Crippen LogP contribution < -0.4 is 0 Å². The summed E-state index contributed by atoms with van der Waals surface area (Å²) in [5.41, 5.74) is 7.66. The first-order valence-corrected chi connectivity index (χ1v) is 16.7.